The number of aryl methyl sites for hydroxylation is 1. The molecule has 0 bridgehead atoms. The number of carbonyl (C=O) groups excluding carboxylic acids is 2. The first kappa shape index (κ1) is 19.2. The average molecular weight is 441 g/mol. The van der Waals surface area contributed by atoms with Gasteiger partial charge >= 0.3 is 11.8 Å². The van der Waals surface area contributed by atoms with Crippen LogP contribution in [0, 0.1) is 6.92 Å². The van der Waals surface area contributed by atoms with E-state index in [-0.39, 0.29) is 0 Å². The van der Waals surface area contributed by atoms with E-state index in [2.05, 4.69) is 26.6 Å². The summed E-state index contributed by atoms with van der Waals surface area (Å²) in [4.78, 5) is 26.6. The Morgan fingerprint density at radius 3 is 2.15 bits per heavy atom. The molecule has 27 heavy (non-hydrogen) atoms. The molecule has 0 atom stereocenters. The zero-order valence-electron chi connectivity index (χ0n) is 14.5. The van der Waals surface area contributed by atoms with E-state index >= 15 is 0 Å². The molecule has 3 rings (SSSR count). The number of para-hydroxylation sites is 1. The molecule has 0 saturated carbocycles. The number of amides is 2. The molecular weight excluding hydrogens is 424 g/mol. The molecule has 3 aromatic carbocycles. The van der Waals surface area contributed by atoms with Gasteiger partial charge in [0, 0.05) is 20.0 Å². The summed E-state index contributed by atoms with van der Waals surface area (Å²) < 4.78 is 0.911. The summed E-state index contributed by atoms with van der Waals surface area (Å²) in [6.45, 7) is 1.87. The maximum Gasteiger partial charge on any atom is 0.314 e. The molecule has 0 aliphatic heterocycles. The van der Waals surface area contributed by atoms with E-state index < -0.39 is 11.8 Å². The normalized spacial score (nSPS) is 10.3. The molecule has 0 heterocycles. The molecule has 4 nitrogen and oxygen atoms in total. The third-order valence-corrected chi connectivity index (χ3v) is 5.33. The van der Waals surface area contributed by atoms with Gasteiger partial charge in [0.1, 0.15) is 0 Å². The Hall–Kier alpha value is -2.57. The first-order valence-corrected chi connectivity index (χ1v) is 9.84. The molecule has 0 unspecified atom stereocenters. The van der Waals surface area contributed by atoms with Gasteiger partial charge in [-0.2, -0.15) is 0 Å². The van der Waals surface area contributed by atoms with Crippen LogP contribution in [0.3, 0.4) is 0 Å². The maximum atomic E-state index is 12.4. The molecule has 136 valence electrons. The van der Waals surface area contributed by atoms with Crippen molar-refractivity contribution in [3.63, 3.8) is 0 Å². The Bertz CT molecular complexity index is 977. The lowest BCUT2D eigenvalue weighted by molar-refractivity contribution is -0.133. The number of nitrogens with one attached hydrogen (secondary N) is 2. The lowest BCUT2D eigenvalue weighted by Crippen LogP contribution is -2.29. The Morgan fingerprint density at radius 1 is 0.815 bits per heavy atom. The van der Waals surface area contributed by atoms with Gasteiger partial charge in [0.05, 0.1) is 5.69 Å². The average Bonchev–Trinajstić information content (AvgIpc) is 2.66. The predicted octanol–water partition coefficient (Wildman–Crippen LogP) is 5.49. The van der Waals surface area contributed by atoms with E-state index in [0.29, 0.717) is 11.4 Å². The van der Waals surface area contributed by atoms with Crippen LogP contribution in [0.1, 0.15) is 5.56 Å². The molecule has 6 heteroatoms. The van der Waals surface area contributed by atoms with E-state index in [0.717, 1.165) is 19.8 Å². The summed E-state index contributed by atoms with van der Waals surface area (Å²) in [5.74, 6) is -1.42. The third kappa shape index (κ3) is 5.21. The Balaban J connectivity index is 1.71. The number of hydrogen-bond donors (Lipinski definition) is 2. The summed E-state index contributed by atoms with van der Waals surface area (Å²) in [7, 11) is 0. The van der Waals surface area contributed by atoms with Crippen molar-refractivity contribution >= 4 is 50.9 Å². The van der Waals surface area contributed by atoms with Crippen molar-refractivity contribution < 1.29 is 9.59 Å². The van der Waals surface area contributed by atoms with Crippen LogP contribution in [0.2, 0.25) is 0 Å². The predicted molar refractivity (Wildman–Crippen MR) is 113 cm³/mol. The molecule has 3 aromatic rings. The quantitative estimate of drug-likeness (QED) is 0.527. The van der Waals surface area contributed by atoms with Crippen molar-refractivity contribution in [2.75, 3.05) is 10.6 Å². The standard InChI is InChI=1S/C21H17BrN2O2S/c1-14-13-15(22)11-12-17(14)23-20(25)21(26)24-18-9-5-6-10-19(18)27-16-7-3-2-4-8-16/h2-13H,1H3,(H,23,25)(H,24,26). The van der Waals surface area contributed by atoms with Crippen LogP contribution >= 0.6 is 27.7 Å². The number of rotatable bonds is 4. The van der Waals surface area contributed by atoms with Crippen LogP contribution in [0.15, 0.2) is 87.1 Å². The Morgan fingerprint density at radius 2 is 1.44 bits per heavy atom. The van der Waals surface area contributed by atoms with Crippen LogP contribution in [-0.2, 0) is 9.59 Å². The van der Waals surface area contributed by atoms with Crippen molar-refractivity contribution in [1.82, 2.24) is 0 Å². The molecule has 0 fully saturated rings. The Labute approximate surface area is 170 Å². The van der Waals surface area contributed by atoms with Gasteiger partial charge in [0.2, 0.25) is 0 Å². The fraction of sp³-hybridized carbons (Fsp3) is 0.0476. The topological polar surface area (TPSA) is 58.2 Å². The van der Waals surface area contributed by atoms with E-state index in [4.69, 9.17) is 0 Å². The van der Waals surface area contributed by atoms with Crippen molar-refractivity contribution in [2.45, 2.75) is 16.7 Å². The summed E-state index contributed by atoms with van der Waals surface area (Å²) in [5.41, 5.74) is 2.06. The lowest BCUT2D eigenvalue weighted by atomic mass is 10.2. The molecule has 0 saturated heterocycles. The molecule has 2 N–H and O–H groups in total. The van der Waals surface area contributed by atoms with Crippen LogP contribution in [0.25, 0.3) is 0 Å². The van der Waals surface area contributed by atoms with E-state index in [9.17, 15) is 9.59 Å². The highest BCUT2D eigenvalue weighted by Gasteiger charge is 2.16. The number of carbonyl (C=O) groups is 2. The molecule has 0 spiro atoms. The minimum absolute atomic E-state index is 0.596. The fourth-order valence-electron chi connectivity index (χ4n) is 2.40. The summed E-state index contributed by atoms with van der Waals surface area (Å²) in [6.07, 6.45) is 0. The van der Waals surface area contributed by atoms with Gasteiger partial charge in [-0.3, -0.25) is 9.59 Å². The second-order valence-electron chi connectivity index (χ2n) is 5.78. The van der Waals surface area contributed by atoms with Gasteiger partial charge < -0.3 is 10.6 Å². The molecule has 0 aliphatic rings. The minimum Gasteiger partial charge on any atom is -0.318 e. The van der Waals surface area contributed by atoms with Gasteiger partial charge in [-0.05, 0) is 55.0 Å². The van der Waals surface area contributed by atoms with Crippen LogP contribution in [0.5, 0.6) is 0 Å². The highest BCUT2D eigenvalue weighted by atomic mass is 79.9. The van der Waals surface area contributed by atoms with Crippen LogP contribution in [0.4, 0.5) is 11.4 Å². The summed E-state index contributed by atoms with van der Waals surface area (Å²) >= 11 is 4.90. The molecule has 0 aliphatic carbocycles. The molecule has 0 aromatic heterocycles. The van der Waals surface area contributed by atoms with Gasteiger partial charge in [-0.15, -0.1) is 0 Å². The SMILES string of the molecule is Cc1cc(Br)ccc1NC(=O)C(=O)Nc1ccccc1Sc1ccccc1. The highest BCUT2D eigenvalue weighted by molar-refractivity contribution is 9.10. The fourth-order valence-corrected chi connectivity index (χ4v) is 3.80. The molecule has 0 radical (unpaired) electrons. The zero-order chi connectivity index (χ0) is 19.2. The van der Waals surface area contributed by atoms with Crippen molar-refractivity contribution in [3.05, 3.63) is 82.8 Å². The van der Waals surface area contributed by atoms with E-state index in [1.807, 2.05) is 67.6 Å². The summed E-state index contributed by atoms with van der Waals surface area (Å²) in [6, 6.07) is 22.7. The Kier molecular flexibility index (Phi) is 6.32. The number of hydrogen-bond acceptors (Lipinski definition) is 3. The number of halogens is 1. The number of anilines is 2. The largest absolute Gasteiger partial charge is 0.318 e. The third-order valence-electron chi connectivity index (χ3n) is 3.75. The van der Waals surface area contributed by atoms with E-state index in [1.165, 1.54) is 11.8 Å². The van der Waals surface area contributed by atoms with E-state index in [1.54, 1.807) is 12.1 Å². The minimum atomic E-state index is -0.710. The second-order valence-corrected chi connectivity index (χ2v) is 7.81. The van der Waals surface area contributed by atoms with Crippen molar-refractivity contribution in [3.8, 4) is 0 Å². The monoisotopic (exact) mass is 440 g/mol. The van der Waals surface area contributed by atoms with Gasteiger partial charge in [0.15, 0.2) is 0 Å². The van der Waals surface area contributed by atoms with Crippen molar-refractivity contribution in [1.29, 1.82) is 0 Å². The smallest absolute Gasteiger partial charge is 0.314 e. The maximum absolute atomic E-state index is 12.4. The number of benzene rings is 3. The van der Waals surface area contributed by atoms with Crippen molar-refractivity contribution in [2.24, 2.45) is 0 Å². The van der Waals surface area contributed by atoms with Gasteiger partial charge in [-0.1, -0.05) is 58.0 Å². The zero-order valence-corrected chi connectivity index (χ0v) is 16.9. The summed E-state index contributed by atoms with van der Waals surface area (Å²) in [5, 5.41) is 5.35. The second kappa shape index (κ2) is 8.88. The first-order valence-electron chi connectivity index (χ1n) is 8.23. The van der Waals surface area contributed by atoms with Crippen LogP contribution < -0.4 is 10.6 Å². The van der Waals surface area contributed by atoms with Gasteiger partial charge in [0.25, 0.3) is 0 Å². The van der Waals surface area contributed by atoms with Crippen LogP contribution in [-0.4, -0.2) is 11.8 Å². The van der Waals surface area contributed by atoms with Gasteiger partial charge in [-0.25, -0.2) is 0 Å². The lowest BCUT2D eigenvalue weighted by Gasteiger charge is -2.12. The molecular formula is C21H17BrN2O2S. The molecule has 2 amide bonds. The first-order chi connectivity index (χ1) is 13.0. The highest BCUT2D eigenvalue weighted by Crippen LogP contribution is 2.33.